The van der Waals surface area contributed by atoms with Gasteiger partial charge in [0, 0.05) is 26.4 Å². The fourth-order valence-electron chi connectivity index (χ4n) is 2.12. The van der Waals surface area contributed by atoms with E-state index in [0.29, 0.717) is 25.7 Å². The molecule has 5 nitrogen and oxygen atoms in total. The largest absolute Gasteiger partial charge is 0.480 e. The van der Waals surface area contributed by atoms with Crippen LogP contribution in [-0.2, 0) is 14.3 Å². The van der Waals surface area contributed by atoms with Crippen LogP contribution >= 0.6 is 0 Å². The molecule has 0 spiro atoms. The zero-order valence-electron chi connectivity index (χ0n) is 13.9. The summed E-state index contributed by atoms with van der Waals surface area (Å²) >= 11 is 0. The summed E-state index contributed by atoms with van der Waals surface area (Å²) in [5.74, 6) is -0.753. The molecule has 0 aromatic heterocycles. The molecule has 1 fully saturated rings. The molecular weight excluding hydrogens is 270 g/mol. The van der Waals surface area contributed by atoms with E-state index >= 15 is 0 Å². The topological polar surface area (TPSA) is 67.8 Å². The molecule has 0 bridgehead atoms. The molecule has 0 heterocycles. The van der Waals surface area contributed by atoms with Crippen molar-refractivity contribution >= 4 is 5.97 Å². The second kappa shape index (κ2) is 8.11. The summed E-state index contributed by atoms with van der Waals surface area (Å²) in [6, 6.07) is 0.402. The quantitative estimate of drug-likeness (QED) is 0.542. The molecule has 0 amide bonds. The molecule has 0 saturated heterocycles. The highest BCUT2D eigenvalue weighted by Crippen LogP contribution is 2.25. The molecule has 0 aliphatic heterocycles. The number of hydrogen-bond acceptors (Lipinski definition) is 4. The fraction of sp³-hybridized carbons (Fsp3) is 0.938. The van der Waals surface area contributed by atoms with Crippen molar-refractivity contribution in [3.8, 4) is 0 Å². The zero-order valence-corrected chi connectivity index (χ0v) is 13.9. The molecule has 0 radical (unpaired) electrons. The van der Waals surface area contributed by atoms with E-state index < -0.39 is 11.5 Å². The second-order valence-corrected chi connectivity index (χ2v) is 6.84. The molecular formula is C16H31NO4. The molecule has 1 unspecified atom stereocenters. The lowest BCUT2D eigenvalue weighted by molar-refractivity contribution is -0.144. The maximum absolute atomic E-state index is 11.4. The highest BCUT2D eigenvalue weighted by molar-refractivity contribution is 5.78. The van der Waals surface area contributed by atoms with Gasteiger partial charge in [0.1, 0.15) is 5.54 Å². The maximum atomic E-state index is 11.4. The van der Waals surface area contributed by atoms with Crippen LogP contribution in [0.5, 0.6) is 0 Å². The lowest BCUT2D eigenvalue weighted by atomic mass is 9.95. The van der Waals surface area contributed by atoms with Crippen LogP contribution in [0.2, 0.25) is 0 Å². The van der Waals surface area contributed by atoms with Crippen LogP contribution in [0.4, 0.5) is 0 Å². The van der Waals surface area contributed by atoms with Crippen molar-refractivity contribution in [2.45, 2.75) is 76.5 Å². The third kappa shape index (κ3) is 7.25. The van der Waals surface area contributed by atoms with Gasteiger partial charge < -0.3 is 14.6 Å². The Morgan fingerprint density at radius 1 is 1.19 bits per heavy atom. The summed E-state index contributed by atoms with van der Waals surface area (Å²) in [6.45, 7) is 7.22. The molecule has 2 N–H and O–H groups in total. The number of aliphatic carboxylic acids is 1. The smallest absolute Gasteiger partial charge is 0.323 e. The Hall–Kier alpha value is -0.650. The van der Waals surface area contributed by atoms with Gasteiger partial charge in [0.05, 0.1) is 5.60 Å². The number of ether oxygens (including phenoxy) is 2. The molecule has 0 aromatic rings. The number of rotatable bonds is 12. The second-order valence-electron chi connectivity index (χ2n) is 6.84. The average molecular weight is 301 g/mol. The van der Waals surface area contributed by atoms with Gasteiger partial charge in [0.15, 0.2) is 0 Å². The molecule has 0 aromatic carbocycles. The summed E-state index contributed by atoms with van der Waals surface area (Å²) in [6.07, 6.45) is 5.45. The van der Waals surface area contributed by atoms with Gasteiger partial charge >= 0.3 is 5.97 Å². The van der Waals surface area contributed by atoms with E-state index in [4.69, 9.17) is 9.47 Å². The first-order chi connectivity index (χ1) is 9.79. The van der Waals surface area contributed by atoms with Gasteiger partial charge in [0.2, 0.25) is 0 Å². The van der Waals surface area contributed by atoms with Gasteiger partial charge in [-0.05, 0) is 59.3 Å². The Balaban J connectivity index is 2.10. The highest BCUT2D eigenvalue weighted by atomic mass is 16.5. The minimum atomic E-state index is -0.792. The van der Waals surface area contributed by atoms with E-state index in [1.165, 1.54) is 0 Å². The maximum Gasteiger partial charge on any atom is 0.323 e. The first-order valence-electron chi connectivity index (χ1n) is 7.93. The number of methoxy groups -OCH3 is 1. The Kier molecular flexibility index (Phi) is 7.10. The summed E-state index contributed by atoms with van der Waals surface area (Å²) < 4.78 is 10.9. The van der Waals surface area contributed by atoms with Crippen molar-refractivity contribution in [2.75, 3.05) is 20.3 Å². The van der Waals surface area contributed by atoms with Gasteiger partial charge in [-0.3, -0.25) is 10.1 Å². The monoisotopic (exact) mass is 301 g/mol. The van der Waals surface area contributed by atoms with E-state index in [9.17, 15) is 9.90 Å². The molecule has 1 rings (SSSR count). The number of unbranched alkanes of at least 4 members (excludes halogenated alkanes) is 1. The van der Waals surface area contributed by atoms with E-state index in [2.05, 4.69) is 5.32 Å². The van der Waals surface area contributed by atoms with E-state index in [-0.39, 0.29) is 5.60 Å². The molecule has 1 saturated carbocycles. The molecule has 5 heteroatoms. The van der Waals surface area contributed by atoms with Crippen molar-refractivity contribution in [2.24, 2.45) is 0 Å². The van der Waals surface area contributed by atoms with E-state index in [0.717, 1.165) is 32.1 Å². The summed E-state index contributed by atoms with van der Waals surface area (Å²) in [7, 11) is 1.71. The first kappa shape index (κ1) is 18.4. The number of carboxylic acids is 1. The first-order valence-corrected chi connectivity index (χ1v) is 7.93. The van der Waals surface area contributed by atoms with E-state index in [1.807, 2.05) is 13.8 Å². The molecule has 1 aliphatic rings. The minimum Gasteiger partial charge on any atom is -0.480 e. The highest BCUT2D eigenvalue weighted by Gasteiger charge is 2.37. The third-order valence-corrected chi connectivity index (χ3v) is 4.19. The van der Waals surface area contributed by atoms with Crippen molar-refractivity contribution in [3.05, 3.63) is 0 Å². The third-order valence-electron chi connectivity index (χ3n) is 4.19. The number of carboxylic acid groups (broad SMARTS) is 1. The normalized spacial score (nSPS) is 18.5. The molecule has 124 valence electrons. The number of hydrogen-bond donors (Lipinski definition) is 2. The van der Waals surface area contributed by atoms with Gasteiger partial charge in [-0.1, -0.05) is 0 Å². The lowest BCUT2D eigenvalue weighted by Gasteiger charge is -2.26. The number of nitrogens with one attached hydrogen (secondary N) is 1. The predicted molar refractivity (Wildman–Crippen MR) is 82.6 cm³/mol. The predicted octanol–water partition coefficient (Wildman–Crippen LogP) is 2.58. The van der Waals surface area contributed by atoms with Crippen molar-refractivity contribution < 1.29 is 19.4 Å². The van der Waals surface area contributed by atoms with Crippen LogP contribution in [0.15, 0.2) is 0 Å². The Morgan fingerprint density at radius 2 is 1.86 bits per heavy atom. The zero-order chi connectivity index (χ0) is 15.9. The van der Waals surface area contributed by atoms with Crippen LogP contribution in [0.1, 0.15) is 59.3 Å². The molecule has 21 heavy (non-hydrogen) atoms. The fourth-order valence-corrected chi connectivity index (χ4v) is 2.12. The van der Waals surface area contributed by atoms with Crippen LogP contribution < -0.4 is 5.32 Å². The van der Waals surface area contributed by atoms with E-state index in [1.54, 1.807) is 14.0 Å². The van der Waals surface area contributed by atoms with Gasteiger partial charge in [-0.2, -0.15) is 0 Å². The average Bonchev–Trinajstić information content (AvgIpc) is 3.21. The van der Waals surface area contributed by atoms with Gasteiger partial charge in [0.25, 0.3) is 0 Å². The molecule has 1 atom stereocenters. The van der Waals surface area contributed by atoms with Crippen molar-refractivity contribution in [1.29, 1.82) is 0 Å². The van der Waals surface area contributed by atoms with Crippen molar-refractivity contribution in [1.82, 2.24) is 5.32 Å². The summed E-state index contributed by atoms with van der Waals surface area (Å²) in [4.78, 5) is 11.4. The standard InChI is InChI=1S/C16H31NO4/c1-15(2,20-4)10-12-21-11-6-5-9-16(3,14(18)19)17-13-7-8-13/h13,17H,5-12H2,1-4H3,(H,18,19). The van der Waals surface area contributed by atoms with Crippen LogP contribution in [0, 0.1) is 0 Å². The SMILES string of the molecule is COC(C)(C)CCOCCCCC(C)(NC1CC1)C(=O)O. The van der Waals surface area contributed by atoms with Crippen LogP contribution in [-0.4, -0.2) is 48.6 Å². The van der Waals surface area contributed by atoms with Crippen LogP contribution in [0.3, 0.4) is 0 Å². The van der Waals surface area contributed by atoms with Crippen LogP contribution in [0.25, 0.3) is 0 Å². The summed E-state index contributed by atoms with van der Waals surface area (Å²) in [5, 5.41) is 12.6. The summed E-state index contributed by atoms with van der Waals surface area (Å²) in [5.41, 5.74) is -0.935. The Labute approximate surface area is 128 Å². The Morgan fingerprint density at radius 3 is 2.38 bits per heavy atom. The number of carbonyl (C=O) groups is 1. The Bertz CT molecular complexity index is 328. The minimum absolute atomic E-state index is 0.143. The van der Waals surface area contributed by atoms with Gasteiger partial charge in [-0.15, -0.1) is 0 Å². The lowest BCUT2D eigenvalue weighted by Crippen LogP contribution is -2.50. The van der Waals surface area contributed by atoms with Crippen molar-refractivity contribution in [3.63, 3.8) is 0 Å². The molecule has 1 aliphatic carbocycles. The van der Waals surface area contributed by atoms with Gasteiger partial charge in [-0.25, -0.2) is 0 Å².